The van der Waals surface area contributed by atoms with Gasteiger partial charge in [0.15, 0.2) is 0 Å². The SMILES string of the molecule is N[C@@H]1CCN(CC23CC4CC(CC(C4)C2)C3)C1. The molecule has 17 heavy (non-hydrogen) atoms. The third-order valence-electron chi connectivity index (χ3n) is 6.03. The van der Waals surface area contributed by atoms with Crippen LogP contribution in [0.4, 0.5) is 0 Å². The number of nitrogens with two attached hydrogens (primary N) is 1. The van der Waals surface area contributed by atoms with E-state index in [0.717, 1.165) is 23.2 Å². The lowest BCUT2D eigenvalue weighted by Gasteiger charge is -2.57. The van der Waals surface area contributed by atoms with Crippen molar-refractivity contribution in [2.75, 3.05) is 19.6 Å². The highest BCUT2D eigenvalue weighted by molar-refractivity contribution is 5.03. The fraction of sp³-hybridized carbons (Fsp3) is 1.00. The molecule has 1 aliphatic heterocycles. The Labute approximate surface area is 105 Å². The van der Waals surface area contributed by atoms with Gasteiger partial charge in [0.1, 0.15) is 0 Å². The molecule has 0 aromatic rings. The van der Waals surface area contributed by atoms with Crippen molar-refractivity contribution in [1.82, 2.24) is 4.90 Å². The lowest BCUT2D eigenvalue weighted by Crippen LogP contribution is -2.51. The van der Waals surface area contributed by atoms with Crippen LogP contribution >= 0.6 is 0 Å². The number of rotatable bonds is 2. The minimum atomic E-state index is 0.462. The van der Waals surface area contributed by atoms with Gasteiger partial charge in [-0.1, -0.05) is 0 Å². The summed E-state index contributed by atoms with van der Waals surface area (Å²) < 4.78 is 0. The van der Waals surface area contributed by atoms with Crippen molar-refractivity contribution in [2.45, 2.75) is 51.0 Å². The van der Waals surface area contributed by atoms with Gasteiger partial charge in [0.05, 0.1) is 0 Å². The molecule has 0 aromatic heterocycles. The zero-order valence-electron chi connectivity index (χ0n) is 10.9. The average Bonchev–Trinajstić information content (AvgIpc) is 2.60. The van der Waals surface area contributed by atoms with Crippen LogP contribution in [0, 0.1) is 23.2 Å². The Morgan fingerprint density at radius 3 is 2.06 bits per heavy atom. The molecule has 1 saturated heterocycles. The van der Waals surface area contributed by atoms with Crippen LogP contribution in [-0.4, -0.2) is 30.6 Å². The maximum atomic E-state index is 6.05. The van der Waals surface area contributed by atoms with Gasteiger partial charge in [-0.25, -0.2) is 0 Å². The third-order valence-corrected chi connectivity index (χ3v) is 6.03. The van der Waals surface area contributed by atoms with Crippen molar-refractivity contribution in [3.05, 3.63) is 0 Å². The van der Waals surface area contributed by atoms with Crippen LogP contribution in [0.3, 0.4) is 0 Å². The maximum Gasteiger partial charge on any atom is 0.0180 e. The quantitative estimate of drug-likeness (QED) is 0.794. The Bertz CT molecular complexity index is 277. The van der Waals surface area contributed by atoms with Gasteiger partial charge in [0.2, 0.25) is 0 Å². The Morgan fingerprint density at radius 1 is 1.00 bits per heavy atom. The largest absolute Gasteiger partial charge is 0.326 e. The second-order valence-electron chi connectivity index (χ2n) is 7.70. The predicted molar refractivity (Wildman–Crippen MR) is 69.6 cm³/mol. The van der Waals surface area contributed by atoms with E-state index in [2.05, 4.69) is 4.90 Å². The summed E-state index contributed by atoms with van der Waals surface area (Å²) in [5.74, 6) is 3.28. The minimum absolute atomic E-state index is 0.462. The van der Waals surface area contributed by atoms with Crippen LogP contribution in [0.1, 0.15) is 44.9 Å². The van der Waals surface area contributed by atoms with Crippen molar-refractivity contribution in [2.24, 2.45) is 28.9 Å². The van der Waals surface area contributed by atoms with E-state index in [1.54, 1.807) is 38.5 Å². The van der Waals surface area contributed by atoms with Crippen LogP contribution in [0.25, 0.3) is 0 Å². The normalized spacial score (nSPS) is 53.5. The molecular formula is C15H26N2. The van der Waals surface area contributed by atoms with E-state index in [1.807, 2.05) is 0 Å². The summed E-state index contributed by atoms with van der Waals surface area (Å²) in [5.41, 5.74) is 6.77. The highest BCUT2D eigenvalue weighted by atomic mass is 15.2. The summed E-state index contributed by atoms with van der Waals surface area (Å²) in [7, 11) is 0. The molecule has 4 bridgehead atoms. The molecule has 2 N–H and O–H groups in total. The van der Waals surface area contributed by atoms with Crippen molar-refractivity contribution in [3.63, 3.8) is 0 Å². The second-order valence-corrected chi connectivity index (χ2v) is 7.70. The lowest BCUT2D eigenvalue weighted by atomic mass is 9.49. The molecule has 0 amide bonds. The zero-order valence-corrected chi connectivity index (χ0v) is 10.9. The first kappa shape index (κ1) is 10.8. The summed E-state index contributed by atoms with van der Waals surface area (Å²) in [4.78, 5) is 2.68. The van der Waals surface area contributed by atoms with Crippen LogP contribution in [0.2, 0.25) is 0 Å². The summed E-state index contributed by atoms with van der Waals surface area (Å²) in [6, 6.07) is 0.462. The minimum Gasteiger partial charge on any atom is -0.326 e. The van der Waals surface area contributed by atoms with Gasteiger partial charge in [-0.05, 0) is 74.7 Å². The lowest BCUT2D eigenvalue weighted by molar-refractivity contribution is -0.0665. The molecule has 5 aliphatic rings. The van der Waals surface area contributed by atoms with Gasteiger partial charge < -0.3 is 10.6 Å². The molecule has 0 spiro atoms. The molecule has 4 aliphatic carbocycles. The molecule has 1 heterocycles. The molecule has 96 valence electrons. The van der Waals surface area contributed by atoms with E-state index in [4.69, 9.17) is 5.73 Å². The highest BCUT2D eigenvalue weighted by Crippen LogP contribution is 2.60. The monoisotopic (exact) mass is 234 g/mol. The highest BCUT2D eigenvalue weighted by Gasteiger charge is 2.51. The molecule has 0 unspecified atom stereocenters. The zero-order chi connectivity index (χ0) is 11.5. The smallest absolute Gasteiger partial charge is 0.0180 e. The van der Waals surface area contributed by atoms with Crippen LogP contribution < -0.4 is 5.73 Å². The van der Waals surface area contributed by atoms with Gasteiger partial charge in [0.25, 0.3) is 0 Å². The standard InChI is InChI=1S/C15H26N2/c16-14-1-2-17(9-14)10-15-6-11-3-12(7-15)5-13(4-11)8-15/h11-14H,1-10,16H2/t11?,12?,13?,14-,15?/m1/s1. The second kappa shape index (κ2) is 3.71. The molecule has 0 radical (unpaired) electrons. The molecule has 2 nitrogen and oxygen atoms in total. The van der Waals surface area contributed by atoms with E-state index < -0.39 is 0 Å². The van der Waals surface area contributed by atoms with E-state index in [9.17, 15) is 0 Å². The molecule has 5 fully saturated rings. The van der Waals surface area contributed by atoms with Crippen molar-refractivity contribution in [1.29, 1.82) is 0 Å². The Kier molecular flexibility index (Phi) is 2.36. The maximum absolute atomic E-state index is 6.05. The van der Waals surface area contributed by atoms with Crippen molar-refractivity contribution < 1.29 is 0 Å². The third kappa shape index (κ3) is 1.84. The first-order valence-electron chi connectivity index (χ1n) is 7.69. The van der Waals surface area contributed by atoms with Crippen LogP contribution in [0.5, 0.6) is 0 Å². The summed E-state index contributed by atoms with van der Waals surface area (Å²) >= 11 is 0. The molecule has 1 atom stereocenters. The summed E-state index contributed by atoms with van der Waals surface area (Å²) in [5, 5.41) is 0. The molecule has 2 heteroatoms. The van der Waals surface area contributed by atoms with Gasteiger partial charge >= 0.3 is 0 Å². The molecule has 5 rings (SSSR count). The first-order valence-corrected chi connectivity index (χ1v) is 7.69. The number of hydrogen-bond donors (Lipinski definition) is 1. The first-order chi connectivity index (χ1) is 8.21. The molecular weight excluding hydrogens is 208 g/mol. The fourth-order valence-electron chi connectivity index (χ4n) is 5.96. The van der Waals surface area contributed by atoms with E-state index in [-0.39, 0.29) is 0 Å². The van der Waals surface area contributed by atoms with Crippen LogP contribution in [0.15, 0.2) is 0 Å². The number of nitrogens with zero attached hydrogens (tertiary/aromatic N) is 1. The Hall–Kier alpha value is -0.0800. The van der Waals surface area contributed by atoms with Gasteiger partial charge in [-0.3, -0.25) is 0 Å². The van der Waals surface area contributed by atoms with E-state index in [1.165, 1.54) is 26.1 Å². The average molecular weight is 234 g/mol. The van der Waals surface area contributed by atoms with E-state index >= 15 is 0 Å². The van der Waals surface area contributed by atoms with Crippen LogP contribution in [-0.2, 0) is 0 Å². The number of likely N-dealkylation sites (tertiary alicyclic amines) is 1. The topological polar surface area (TPSA) is 29.3 Å². The fourth-order valence-corrected chi connectivity index (χ4v) is 5.96. The summed E-state index contributed by atoms with van der Waals surface area (Å²) in [6.45, 7) is 3.81. The summed E-state index contributed by atoms with van der Waals surface area (Å²) in [6.07, 6.45) is 10.6. The Balaban J connectivity index is 1.49. The molecule has 4 saturated carbocycles. The van der Waals surface area contributed by atoms with E-state index in [0.29, 0.717) is 6.04 Å². The number of hydrogen-bond acceptors (Lipinski definition) is 2. The van der Waals surface area contributed by atoms with Gasteiger partial charge in [0, 0.05) is 19.1 Å². The predicted octanol–water partition coefficient (Wildman–Crippen LogP) is 2.24. The van der Waals surface area contributed by atoms with Gasteiger partial charge in [-0.2, -0.15) is 0 Å². The van der Waals surface area contributed by atoms with Crippen molar-refractivity contribution >= 4 is 0 Å². The Morgan fingerprint density at radius 2 is 1.59 bits per heavy atom. The van der Waals surface area contributed by atoms with Gasteiger partial charge in [-0.15, -0.1) is 0 Å². The molecule has 0 aromatic carbocycles. The van der Waals surface area contributed by atoms with Crippen molar-refractivity contribution in [3.8, 4) is 0 Å².